The highest BCUT2D eigenvalue weighted by atomic mass is 16.6. The van der Waals surface area contributed by atoms with Gasteiger partial charge in [0, 0.05) is 56.0 Å². The molecule has 136 valence electrons. The summed E-state index contributed by atoms with van der Waals surface area (Å²) in [5, 5.41) is 18.2. The first-order valence-corrected chi connectivity index (χ1v) is 8.55. The zero-order valence-electron chi connectivity index (χ0n) is 14.2. The Morgan fingerprint density at radius 2 is 2.08 bits per heavy atom. The van der Waals surface area contributed by atoms with Crippen molar-refractivity contribution < 1.29 is 14.5 Å². The molecule has 1 amide bonds. The van der Waals surface area contributed by atoms with Crippen LogP contribution < -0.4 is 4.90 Å². The van der Waals surface area contributed by atoms with Crippen molar-refractivity contribution in [2.75, 3.05) is 37.7 Å². The topological polar surface area (TPSA) is 105 Å². The highest BCUT2D eigenvalue weighted by molar-refractivity contribution is 6.00. The van der Waals surface area contributed by atoms with E-state index in [-0.39, 0.29) is 11.6 Å². The van der Waals surface area contributed by atoms with E-state index in [0.717, 1.165) is 16.9 Å². The van der Waals surface area contributed by atoms with E-state index in [1.165, 1.54) is 12.1 Å². The van der Waals surface area contributed by atoms with Gasteiger partial charge in [0.25, 0.3) is 11.6 Å². The van der Waals surface area contributed by atoms with Gasteiger partial charge in [0.05, 0.1) is 35.6 Å². The monoisotopic (exact) mass is 357 g/mol. The number of aromatic amines is 1. The van der Waals surface area contributed by atoms with Crippen molar-refractivity contribution in [3.8, 4) is 0 Å². The lowest BCUT2D eigenvalue weighted by Gasteiger charge is -2.32. The van der Waals surface area contributed by atoms with Gasteiger partial charge in [-0.25, -0.2) is 0 Å². The van der Waals surface area contributed by atoms with E-state index < -0.39 is 4.92 Å². The minimum absolute atomic E-state index is 0.0774. The van der Waals surface area contributed by atoms with Gasteiger partial charge in [-0.15, -0.1) is 0 Å². The second kappa shape index (κ2) is 6.75. The van der Waals surface area contributed by atoms with E-state index in [1.54, 1.807) is 17.2 Å². The maximum Gasteiger partial charge on any atom is 0.270 e. The number of ether oxygens (including phenoxy) is 1. The number of fused-ring (bicyclic) bond motifs is 1. The number of non-ortho nitro benzene ring substituents is 1. The Kier molecular flexibility index (Phi) is 4.29. The van der Waals surface area contributed by atoms with Crippen LogP contribution in [0.1, 0.15) is 21.6 Å². The molecule has 9 heteroatoms. The van der Waals surface area contributed by atoms with Gasteiger partial charge >= 0.3 is 0 Å². The van der Waals surface area contributed by atoms with Gasteiger partial charge in [-0.1, -0.05) is 0 Å². The Morgan fingerprint density at radius 3 is 2.85 bits per heavy atom. The van der Waals surface area contributed by atoms with Crippen LogP contribution in [0.15, 0.2) is 24.4 Å². The highest BCUT2D eigenvalue weighted by Crippen LogP contribution is 2.29. The van der Waals surface area contributed by atoms with Crippen LogP contribution in [0.3, 0.4) is 0 Å². The van der Waals surface area contributed by atoms with Crippen molar-refractivity contribution in [1.29, 1.82) is 0 Å². The fourth-order valence-electron chi connectivity index (χ4n) is 3.45. The number of nitrogens with zero attached hydrogens (tertiary/aromatic N) is 4. The summed E-state index contributed by atoms with van der Waals surface area (Å²) in [4.78, 5) is 27.7. The molecule has 2 aliphatic heterocycles. The summed E-state index contributed by atoms with van der Waals surface area (Å²) in [7, 11) is 0. The van der Waals surface area contributed by atoms with Gasteiger partial charge in [0.15, 0.2) is 0 Å². The molecule has 9 nitrogen and oxygen atoms in total. The first kappa shape index (κ1) is 16.5. The molecule has 26 heavy (non-hydrogen) atoms. The number of nitro benzene ring substituents is 1. The van der Waals surface area contributed by atoms with Crippen LogP contribution in [0, 0.1) is 10.1 Å². The number of hydrogen-bond donors (Lipinski definition) is 1. The Labute approximate surface area is 149 Å². The number of H-pyrrole nitrogens is 1. The zero-order valence-corrected chi connectivity index (χ0v) is 14.2. The Morgan fingerprint density at radius 1 is 1.27 bits per heavy atom. The first-order chi connectivity index (χ1) is 12.6. The number of aromatic nitrogens is 2. The van der Waals surface area contributed by atoms with E-state index in [0.29, 0.717) is 51.4 Å². The smallest absolute Gasteiger partial charge is 0.270 e. The number of carbonyl (C=O) groups is 1. The minimum Gasteiger partial charge on any atom is -0.378 e. The number of anilines is 1. The number of amides is 1. The molecule has 2 aromatic rings. The van der Waals surface area contributed by atoms with Crippen molar-refractivity contribution in [2.24, 2.45) is 0 Å². The number of carbonyl (C=O) groups excluding carboxylic acids is 1. The summed E-state index contributed by atoms with van der Waals surface area (Å²) in [6.07, 6.45) is 2.42. The molecule has 4 rings (SSSR count). The average molecular weight is 357 g/mol. The van der Waals surface area contributed by atoms with E-state index >= 15 is 0 Å². The van der Waals surface area contributed by atoms with Crippen LogP contribution in [-0.2, 0) is 17.7 Å². The van der Waals surface area contributed by atoms with Gasteiger partial charge in [-0.05, 0) is 6.07 Å². The van der Waals surface area contributed by atoms with Crippen LogP contribution in [0.2, 0.25) is 0 Å². The lowest BCUT2D eigenvalue weighted by molar-refractivity contribution is -0.384. The summed E-state index contributed by atoms with van der Waals surface area (Å²) in [5.41, 5.74) is 3.05. The van der Waals surface area contributed by atoms with E-state index in [1.807, 2.05) is 4.90 Å². The lowest BCUT2D eigenvalue weighted by atomic mass is 10.0. The molecule has 0 bridgehead atoms. The third kappa shape index (κ3) is 3.01. The normalized spacial score (nSPS) is 17.1. The molecule has 1 aromatic heterocycles. The van der Waals surface area contributed by atoms with Gasteiger partial charge < -0.3 is 14.5 Å². The average Bonchev–Trinajstić information content (AvgIpc) is 3.15. The molecule has 0 atom stereocenters. The maximum atomic E-state index is 13.2. The fourth-order valence-corrected chi connectivity index (χ4v) is 3.45. The molecule has 1 aromatic carbocycles. The Hall–Kier alpha value is -2.94. The quantitative estimate of drug-likeness (QED) is 0.657. The maximum absolute atomic E-state index is 13.2. The Balaban J connectivity index is 1.67. The van der Waals surface area contributed by atoms with Gasteiger partial charge in [0.1, 0.15) is 0 Å². The SMILES string of the molecule is O=C(c1cc([N+](=O)[O-])ccc1N1CCOCC1)N1CCc2[nH]ncc2C1. The molecule has 0 aliphatic carbocycles. The molecular formula is C17H19N5O4. The number of rotatable bonds is 3. The third-order valence-electron chi connectivity index (χ3n) is 4.86. The van der Waals surface area contributed by atoms with Crippen LogP contribution in [0.5, 0.6) is 0 Å². The standard InChI is InChI=1S/C17H19N5O4/c23-17(21-4-3-15-12(11-21)10-18-19-15)14-9-13(22(24)25)1-2-16(14)20-5-7-26-8-6-20/h1-2,9-10H,3-8,11H2,(H,18,19). The molecule has 3 heterocycles. The van der Waals surface area contributed by atoms with Crippen LogP contribution in [-0.4, -0.2) is 58.8 Å². The molecule has 1 saturated heterocycles. The molecule has 0 spiro atoms. The molecule has 0 saturated carbocycles. The third-order valence-corrected chi connectivity index (χ3v) is 4.86. The number of morpholine rings is 1. The largest absolute Gasteiger partial charge is 0.378 e. The van der Waals surface area contributed by atoms with Crippen molar-refractivity contribution in [3.63, 3.8) is 0 Å². The van der Waals surface area contributed by atoms with E-state index in [2.05, 4.69) is 10.2 Å². The van der Waals surface area contributed by atoms with Crippen molar-refractivity contribution in [3.05, 3.63) is 51.3 Å². The fraction of sp³-hybridized carbons (Fsp3) is 0.412. The lowest BCUT2D eigenvalue weighted by Crippen LogP contribution is -2.40. The van der Waals surface area contributed by atoms with Gasteiger partial charge in [-0.2, -0.15) is 5.10 Å². The van der Waals surface area contributed by atoms with Crippen LogP contribution >= 0.6 is 0 Å². The molecule has 1 N–H and O–H groups in total. The molecule has 2 aliphatic rings. The summed E-state index contributed by atoms with van der Waals surface area (Å²) < 4.78 is 5.37. The predicted octanol–water partition coefficient (Wildman–Crippen LogP) is 1.35. The number of nitro groups is 1. The van der Waals surface area contributed by atoms with Crippen molar-refractivity contribution >= 4 is 17.3 Å². The summed E-state index contributed by atoms with van der Waals surface area (Å²) in [6, 6.07) is 4.51. The molecule has 0 unspecified atom stereocenters. The zero-order chi connectivity index (χ0) is 18.1. The van der Waals surface area contributed by atoms with Crippen LogP contribution in [0.25, 0.3) is 0 Å². The van der Waals surface area contributed by atoms with Crippen molar-refractivity contribution in [2.45, 2.75) is 13.0 Å². The summed E-state index contributed by atoms with van der Waals surface area (Å²) in [5.74, 6) is -0.193. The number of nitrogens with one attached hydrogen (secondary N) is 1. The highest BCUT2D eigenvalue weighted by Gasteiger charge is 2.28. The number of hydrogen-bond acceptors (Lipinski definition) is 6. The molecule has 0 radical (unpaired) electrons. The Bertz CT molecular complexity index is 843. The van der Waals surface area contributed by atoms with Gasteiger partial charge in [0.2, 0.25) is 0 Å². The predicted molar refractivity (Wildman–Crippen MR) is 93.2 cm³/mol. The van der Waals surface area contributed by atoms with Gasteiger partial charge in [-0.3, -0.25) is 20.0 Å². The minimum atomic E-state index is -0.468. The molecular weight excluding hydrogens is 338 g/mol. The second-order valence-corrected chi connectivity index (χ2v) is 6.41. The summed E-state index contributed by atoms with van der Waals surface area (Å²) in [6.45, 7) is 3.47. The summed E-state index contributed by atoms with van der Waals surface area (Å²) >= 11 is 0. The van der Waals surface area contributed by atoms with Crippen LogP contribution in [0.4, 0.5) is 11.4 Å². The second-order valence-electron chi connectivity index (χ2n) is 6.41. The number of benzene rings is 1. The van der Waals surface area contributed by atoms with Crippen molar-refractivity contribution in [1.82, 2.24) is 15.1 Å². The molecule has 1 fully saturated rings. The van der Waals surface area contributed by atoms with E-state index in [4.69, 9.17) is 4.74 Å². The van der Waals surface area contributed by atoms with E-state index in [9.17, 15) is 14.9 Å². The first-order valence-electron chi connectivity index (χ1n) is 8.55.